The summed E-state index contributed by atoms with van der Waals surface area (Å²) in [5, 5.41) is 3.41. The van der Waals surface area contributed by atoms with E-state index in [1.807, 2.05) is 0 Å². The summed E-state index contributed by atoms with van der Waals surface area (Å²) in [6.45, 7) is 9.67. The van der Waals surface area contributed by atoms with Crippen LogP contribution >= 0.6 is 0 Å². The van der Waals surface area contributed by atoms with Gasteiger partial charge >= 0.3 is 0 Å². The third kappa shape index (κ3) is 3.28. The molecule has 2 fully saturated rings. The molecule has 0 saturated carbocycles. The van der Waals surface area contributed by atoms with Crippen molar-refractivity contribution in [1.29, 1.82) is 0 Å². The van der Waals surface area contributed by atoms with Crippen LogP contribution in [0.4, 0.5) is 5.69 Å². The molecule has 2 aliphatic heterocycles. The van der Waals surface area contributed by atoms with E-state index in [-0.39, 0.29) is 0 Å². The molecule has 2 aliphatic rings. The van der Waals surface area contributed by atoms with Gasteiger partial charge in [0.25, 0.3) is 0 Å². The van der Waals surface area contributed by atoms with E-state index in [1.165, 1.54) is 61.4 Å². The van der Waals surface area contributed by atoms with Crippen LogP contribution in [-0.2, 0) is 0 Å². The van der Waals surface area contributed by atoms with Crippen LogP contribution in [0.25, 0.3) is 0 Å². The Bertz CT molecular complexity index is 414. The lowest BCUT2D eigenvalue weighted by atomic mass is 10.1. The predicted octanol–water partition coefficient (Wildman–Crippen LogP) is 1.62. The minimum atomic E-state index is 0.824. The number of piperazine rings is 1. The largest absolute Gasteiger partial charge is 0.360 e. The van der Waals surface area contributed by atoms with E-state index in [4.69, 9.17) is 0 Å². The Morgan fingerprint density at radius 2 is 1.84 bits per heavy atom. The summed E-state index contributed by atoms with van der Waals surface area (Å²) in [6, 6.07) is 9.79. The van der Waals surface area contributed by atoms with E-state index in [1.54, 1.807) is 0 Å². The highest BCUT2D eigenvalue weighted by molar-refractivity contribution is 5.47. The summed E-state index contributed by atoms with van der Waals surface area (Å²) in [4.78, 5) is 2.54. The Kier molecular flexibility index (Phi) is 3.50. The van der Waals surface area contributed by atoms with E-state index in [0.717, 1.165) is 6.04 Å². The SMILES string of the molecule is Cc1ccc(N2CC[N+](C)(CCC3CN3)CC2)cc1. The number of likely N-dealkylation sites (N-methyl/N-ethyl adjacent to an activating group) is 1. The van der Waals surface area contributed by atoms with E-state index in [9.17, 15) is 0 Å². The number of quaternary nitrogens is 1. The first-order chi connectivity index (χ1) is 9.15. The Balaban J connectivity index is 1.54. The molecule has 0 radical (unpaired) electrons. The van der Waals surface area contributed by atoms with Crippen LogP contribution < -0.4 is 10.2 Å². The predicted molar refractivity (Wildman–Crippen MR) is 80.6 cm³/mol. The minimum absolute atomic E-state index is 0.824. The van der Waals surface area contributed by atoms with Gasteiger partial charge in [-0.3, -0.25) is 0 Å². The highest BCUT2D eigenvalue weighted by Crippen LogP contribution is 2.20. The number of nitrogens with one attached hydrogen (secondary N) is 1. The first-order valence-corrected chi connectivity index (χ1v) is 7.53. The molecular weight excluding hydrogens is 234 g/mol. The maximum atomic E-state index is 3.41. The normalized spacial score (nSPS) is 25.4. The van der Waals surface area contributed by atoms with Gasteiger partial charge < -0.3 is 14.7 Å². The molecule has 0 aliphatic carbocycles. The fraction of sp³-hybridized carbons (Fsp3) is 0.625. The van der Waals surface area contributed by atoms with Crippen LogP contribution in [0.1, 0.15) is 12.0 Å². The monoisotopic (exact) mass is 260 g/mol. The van der Waals surface area contributed by atoms with Crippen molar-refractivity contribution in [3.05, 3.63) is 29.8 Å². The van der Waals surface area contributed by atoms with Gasteiger partial charge in [0.1, 0.15) is 0 Å². The fourth-order valence-corrected chi connectivity index (χ4v) is 2.94. The average molecular weight is 260 g/mol. The summed E-state index contributed by atoms with van der Waals surface area (Å²) in [5.74, 6) is 0. The molecule has 0 bridgehead atoms. The number of anilines is 1. The summed E-state index contributed by atoms with van der Waals surface area (Å²) in [6.07, 6.45) is 1.35. The number of aryl methyl sites for hydroxylation is 1. The quantitative estimate of drug-likeness (QED) is 0.657. The van der Waals surface area contributed by atoms with Crippen LogP contribution in [0, 0.1) is 6.92 Å². The van der Waals surface area contributed by atoms with E-state index < -0.39 is 0 Å². The summed E-state index contributed by atoms with van der Waals surface area (Å²) in [5.41, 5.74) is 2.74. The summed E-state index contributed by atoms with van der Waals surface area (Å²) in [7, 11) is 2.43. The molecule has 3 heteroatoms. The molecule has 0 aromatic heterocycles. The molecule has 104 valence electrons. The van der Waals surface area contributed by atoms with Crippen LogP contribution in [-0.4, -0.2) is 56.8 Å². The lowest BCUT2D eigenvalue weighted by Gasteiger charge is -2.43. The molecule has 2 saturated heterocycles. The molecule has 3 rings (SSSR count). The zero-order chi connectivity index (χ0) is 13.3. The number of rotatable bonds is 4. The molecule has 1 unspecified atom stereocenters. The highest BCUT2D eigenvalue weighted by atomic mass is 15.4. The first kappa shape index (κ1) is 12.9. The second kappa shape index (κ2) is 5.14. The summed E-state index contributed by atoms with van der Waals surface area (Å²) >= 11 is 0. The molecule has 1 atom stereocenters. The van der Waals surface area contributed by atoms with Gasteiger partial charge in [-0.2, -0.15) is 0 Å². The molecule has 0 amide bonds. The van der Waals surface area contributed by atoms with Gasteiger partial charge in [0.2, 0.25) is 0 Å². The van der Waals surface area contributed by atoms with Gasteiger partial charge in [0.05, 0.1) is 39.8 Å². The third-order valence-electron chi connectivity index (χ3n) is 4.73. The molecule has 19 heavy (non-hydrogen) atoms. The maximum absolute atomic E-state index is 3.41. The van der Waals surface area contributed by atoms with Crippen LogP contribution in [0.15, 0.2) is 24.3 Å². The first-order valence-electron chi connectivity index (χ1n) is 7.53. The van der Waals surface area contributed by atoms with Crippen molar-refractivity contribution in [1.82, 2.24) is 5.32 Å². The van der Waals surface area contributed by atoms with Crippen LogP contribution in [0.3, 0.4) is 0 Å². The zero-order valence-electron chi connectivity index (χ0n) is 12.2. The average Bonchev–Trinajstić information content (AvgIpc) is 3.23. The molecule has 3 nitrogen and oxygen atoms in total. The molecule has 2 heterocycles. The fourth-order valence-electron chi connectivity index (χ4n) is 2.94. The van der Waals surface area contributed by atoms with E-state index in [0.29, 0.717) is 0 Å². The van der Waals surface area contributed by atoms with Gasteiger partial charge in [0.15, 0.2) is 0 Å². The van der Waals surface area contributed by atoms with Gasteiger partial charge in [0, 0.05) is 24.7 Å². The van der Waals surface area contributed by atoms with E-state index in [2.05, 4.69) is 48.5 Å². The van der Waals surface area contributed by atoms with Crippen molar-refractivity contribution < 1.29 is 4.48 Å². The van der Waals surface area contributed by atoms with Crippen LogP contribution in [0.5, 0.6) is 0 Å². The number of hydrogen-bond donors (Lipinski definition) is 1. The van der Waals surface area contributed by atoms with Gasteiger partial charge in [-0.15, -0.1) is 0 Å². The third-order valence-corrected chi connectivity index (χ3v) is 4.73. The second-order valence-corrected chi connectivity index (χ2v) is 6.51. The van der Waals surface area contributed by atoms with Crippen molar-refractivity contribution in [3.8, 4) is 0 Å². The van der Waals surface area contributed by atoms with Crippen LogP contribution in [0.2, 0.25) is 0 Å². The highest BCUT2D eigenvalue weighted by Gasteiger charge is 2.31. The van der Waals surface area contributed by atoms with Gasteiger partial charge in [-0.1, -0.05) is 17.7 Å². The minimum Gasteiger partial charge on any atom is -0.360 e. The Morgan fingerprint density at radius 1 is 1.21 bits per heavy atom. The Labute approximate surface area is 116 Å². The van der Waals surface area contributed by atoms with Crippen molar-refractivity contribution in [2.45, 2.75) is 19.4 Å². The molecule has 1 aromatic rings. The van der Waals surface area contributed by atoms with Gasteiger partial charge in [-0.25, -0.2) is 0 Å². The van der Waals surface area contributed by atoms with Crippen molar-refractivity contribution in [2.24, 2.45) is 0 Å². The zero-order valence-corrected chi connectivity index (χ0v) is 12.2. The van der Waals surface area contributed by atoms with Crippen molar-refractivity contribution >= 4 is 5.69 Å². The lowest BCUT2D eigenvalue weighted by molar-refractivity contribution is -0.910. The second-order valence-electron chi connectivity index (χ2n) is 6.51. The van der Waals surface area contributed by atoms with E-state index >= 15 is 0 Å². The molecule has 0 spiro atoms. The maximum Gasteiger partial charge on any atom is 0.0963 e. The smallest absolute Gasteiger partial charge is 0.0963 e. The molecule has 1 aromatic carbocycles. The Hall–Kier alpha value is -1.06. The standard InChI is InChI=1S/C16H26N3/c1-14-3-5-16(6-4-14)18-8-11-19(2,12-9-18)10-7-15-13-17-15/h3-6,15,17H,7-13H2,1-2H3/q+1. The van der Waals surface area contributed by atoms with Gasteiger partial charge in [-0.05, 0) is 19.1 Å². The summed E-state index contributed by atoms with van der Waals surface area (Å²) < 4.78 is 1.25. The molecular formula is C16H26N3+. The van der Waals surface area contributed by atoms with Crippen molar-refractivity contribution in [2.75, 3.05) is 51.2 Å². The number of nitrogens with zero attached hydrogens (tertiary/aromatic N) is 2. The number of hydrogen-bond acceptors (Lipinski definition) is 2. The Morgan fingerprint density at radius 3 is 2.42 bits per heavy atom. The topological polar surface area (TPSA) is 25.2 Å². The molecule has 1 N–H and O–H groups in total. The number of benzene rings is 1. The van der Waals surface area contributed by atoms with Crippen molar-refractivity contribution in [3.63, 3.8) is 0 Å². The lowest BCUT2D eigenvalue weighted by Crippen LogP contribution is -2.57.